The third kappa shape index (κ3) is 4.31. The van der Waals surface area contributed by atoms with Crippen molar-refractivity contribution in [3.63, 3.8) is 0 Å². The van der Waals surface area contributed by atoms with E-state index in [-0.39, 0.29) is 17.2 Å². The van der Waals surface area contributed by atoms with E-state index in [4.69, 9.17) is 16.3 Å². The summed E-state index contributed by atoms with van der Waals surface area (Å²) in [4.78, 5) is 23.5. The Morgan fingerprint density at radius 1 is 1.10 bits per heavy atom. The first kappa shape index (κ1) is 15.5. The van der Waals surface area contributed by atoms with E-state index in [1.54, 1.807) is 36.4 Å². The lowest BCUT2D eigenvalue weighted by Gasteiger charge is -2.08. The fourth-order valence-electron chi connectivity index (χ4n) is 1.58. The summed E-state index contributed by atoms with van der Waals surface area (Å²) in [5.41, 5.74) is 0.837. The molecule has 2 aromatic carbocycles. The van der Waals surface area contributed by atoms with Gasteiger partial charge in [-0.1, -0.05) is 35.9 Å². The summed E-state index contributed by atoms with van der Waals surface area (Å²) in [6, 6.07) is 13.6. The van der Waals surface area contributed by atoms with Crippen LogP contribution in [0, 0.1) is 0 Å². The summed E-state index contributed by atoms with van der Waals surface area (Å²) >= 11 is 9.19. The molecule has 4 nitrogen and oxygen atoms in total. The first-order chi connectivity index (χ1) is 10.1. The summed E-state index contributed by atoms with van der Waals surface area (Å²) in [6.45, 7) is -0.384. The molecule has 0 unspecified atom stereocenters. The lowest BCUT2D eigenvalue weighted by molar-refractivity contribution is -0.119. The van der Waals surface area contributed by atoms with Crippen LogP contribution in [0.3, 0.4) is 0 Å². The summed E-state index contributed by atoms with van der Waals surface area (Å²) in [6.07, 6.45) is 0. The van der Waals surface area contributed by atoms with Gasteiger partial charge in [0.1, 0.15) is 0 Å². The van der Waals surface area contributed by atoms with Crippen molar-refractivity contribution in [3.8, 4) is 0 Å². The molecule has 21 heavy (non-hydrogen) atoms. The molecule has 108 valence electrons. The van der Waals surface area contributed by atoms with Gasteiger partial charge in [0.25, 0.3) is 5.91 Å². The van der Waals surface area contributed by atoms with Crippen LogP contribution in [0.5, 0.6) is 0 Å². The highest BCUT2D eigenvalue weighted by Gasteiger charge is 2.13. The quantitative estimate of drug-likeness (QED) is 0.833. The maximum Gasteiger partial charge on any atom is 0.340 e. The number of esters is 1. The van der Waals surface area contributed by atoms with Gasteiger partial charge in [-0.15, -0.1) is 0 Å². The number of ether oxygens (including phenoxy) is 1. The number of hydrogen-bond donors (Lipinski definition) is 1. The van der Waals surface area contributed by atoms with E-state index >= 15 is 0 Å². The van der Waals surface area contributed by atoms with Crippen molar-refractivity contribution in [1.29, 1.82) is 0 Å². The Bertz CT molecular complexity index is 675. The fraction of sp³-hybridized carbons (Fsp3) is 0.0667. The topological polar surface area (TPSA) is 55.4 Å². The average Bonchev–Trinajstić information content (AvgIpc) is 2.48. The Morgan fingerprint density at radius 3 is 2.48 bits per heavy atom. The molecule has 1 N–H and O–H groups in total. The zero-order chi connectivity index (χ0) is 15.2. The van der Waals surface area contributed by atoms with Gasteiger partial charge in [0, 0.05) is 4.47 Å². The van der Waals surface area contributed by atoms with Crippen LogP contribution in [-0.2, 0) is 9.53 Å². The number of benzene rings is 2. The van der Waals surface area contributed by atoms with Crippen LogP contribution in [0.15, 0.2) is 53.0 Å². The highest BCUT2D eigenvalue weighted by molar-refractivity contribution is 9.10. The maximum atomic E-state index is 11.8. The molecule has 0 heterocycles. The molecule has 0 spiro atoms. The zero-order valence-corrected chi connectivity index (χ0v) is 13.1. The van der Waals surface area contributed by atoms with Crippen molar-refractivity contribution in [2.45, 2.75) is 0 Å². The number of nitrogens with one attached hydrogen (secondary N) is 1. The lowest BCUT2D eigenvalue weighted by Crippen LogP contribution is -2.21. The SMILES string of the molecule is O=C(COC(=O)c1ccccc1Cl)Nc1ccccc1Br. The molecule has 0 saturated carbocycles. The van der Waals surface area contributed by atoms with E-state index in [9.17, 15) is 9.59 Å². The van der Waals surface area contributed by atoms with Crippen LogP contribution in [-0.4, -0.2) is 18.5 Å². The molecule has 2 rings (SSSR count). The van der Waals surface area contributed by atoms with Gasteiger partial charge in [0.2, 0.25) is 0 Å². The molecule has 0 atom stereocenters. The van der Waals surface area contributed by atoms with E-state index < -0.39 is 11.9 Å². The molecular weight excluding hydrogens is 358 g/mol. The first-order valence-corrected chi connectivity index (χ1v) is 7.21. The van der Waals surface area contributed by atoms with Gasteiger partial charge in [0.05, 0.1) is 16.3 Å². The average molecular weight is 369 g/mol. The van der Waals surface area contributed by atoms with Crippen molar-refractivity contribution < 1.29 is 14.3 Å². The van der Waals surface area contributed by atoms with E-state index in [1.807, 2.05) is 6.07 Å². The van der Waals surface area contributed by atoms with Crippen LogP contribution in [0.4, 0.5) is 5.69 Å². The minimum absolute atomic E-state index is 0.229. The molecule has 0 aliphatic rings. The molecule has 2 aromatic rings. The summed E-state index contributed by atoms with van der Waals surface area (Å²) < 4.78 is 5.68. The van der Waals surface area contributed by atoms with E-state index in [0.29, 0.717) is 5.69 Å². The highest BCUT2D eigenvalue weighted by Crippen LogP contribution is 2.21. The summed E-state index contributed by atoms with van der Waals surface area (Å²) in [7, 11) is 0. The van der Waals surface area contributed by atoms with E-state index in [2.05, 4.69) is 21.2 Å². The minimum atomic E-state index is -0.636. The second-order valence-electron chi connectivity index (χ2n) is 4.08. The Morgan fingerprint density at radius 2 is 1.76 bits per heavy atom. The minimum Gasteiger partial charge on any atom is -0.452 e. The zero-order valence-electron chi connectivity index (χ0n) is 10.8. The molecule has 0 aliphatic carbocycles. The molecule has 1 amide bonds. The number of carbonyl (C=O) groups excluding carboxylic acids is 2. The maximum absolute atomic E-state index is 11.8. The lowest BCUT2D eigenvalue weighted by atomic mass is 10.2. The number of rotatable bonds is 4. The van der Waals surface area contributed by atoms with Gasteiger partial charge in [-0.3, -0.25) is 4.79 Å². The number of hydrogen-bond acceptors (Lipinski definition) is 3. The number of amides is 1. The third-order valence-corrected chi connectivity index (χ3v) is 3.60. The third-order valence-electron chi connectivity index (χ3n) is 2.58. The smallest absolute Gasteiger partial charge is 0.340 e. The molecular formula is C15H11BrClNO3. The summed E-state index contributed by atoms with van der Waals surface area (Å²) in [5, 5.41) is 2.92. The highest BCUT2D eigenvalue weighted by atomic mass is 79.9. The normalized spacial score (nSPS) is 10.0. The molecule has 0 fully saturated rings. The fourth-order valence-corrected chi connectivity index (χ4v) is 2.18. The Labute approximate surface area is 135 Å². The second kappa shape index (κ2) is 7.24. The number of anilines is 1. The standard InChI is InChI=1S/C15H11BrClNO3/c16-11-6-2-4-8-13(11)18-14(19)9-21-15(20)10-5-1-3-7-12(10)17/h1-8H,9H2,(H,18,19). The Hall–Kier alpha value is -1.85. The van der Waals surface area contributed by atoms with Gasteiger partial charge in [-0.05, 0) is 40.2 Å². The van der Waals surface area contributed by atoms with Gasteiger partial charge < -0.3 is 10.1 Å². The molecule has 6 heteroatoms. The predicted octanol–water partition coefficient (Wildman–Crippen LogP) is 3.90. The van der Waals surface area contributed by atoms with Crippen molar-refractivity contribution in [1.82, 2.24) is 0 Å². The molecule has 0 radical (unpaired) electrons. The molecule has 0 saturated heterocycles. The van der Waals surface area contributed by atoms with Crippen molar-refractivity contribution in [3.05, 3.63) is 63.6 Å². The second-order valence-corrected chi connectivity index (χ2v) is 5.35. The van der Waals surface area contributed by atoms with E-state index in [1.165, 1.54) is 6.07 Å². The number of carbonyl (C=O) groups is 2. The van der Waals surface area contributed by atoms with Gasteiger partial charge in [0.15, 0.2) is 6.61 Å². The first-order valence-electron chi connectivity index (χ1n) is 6.04. The Kier molecular flexibility index (Phi) is 5.36. The Balaban J connectivity index is 1.91. The van der Waals surface area contributed by atoms with Crippen LogP contribution in [0.25, 0.3) is 0 Å². The van der Waals surface area contributed by atoms with Crippen LogP contribution in [0.1, 0.15) is 10.4 Å². The predicted molar refractivity (Wildman–Crippen MR) is 84.5 cm³/mol. The van der Waals surface area contributed by atoms with Gasteiger partial charge in [-0.2, -0.15) is 0 Å². The summed E-state index contributed by atoms with van der Waals surface area (Å²) in [5.74, 6) is -1.06. The number of halogens is 2. The largest absolute Gasteiger partial charge is 0.452 e. The van der Waals surface area contributed by atoms with Crippen LogP contribution < -0.4 is 5.32 Å². The monoisotopic (exact) mass is 367 g/mol. The molecule has 0 aromatic heterocycles. The number of para-hydroxylation sites is 1. The molecule has 0 aliphatic heterocycles. The molecule has 0 bridgehead atoms. The van der Waals surface area contributed by atoms with Crippen molar-refractivity contribution in [2.75, 3.05) is 11.9 Å². The van der Waals surface area contributed by atoms with Crippen molar-refractivity contribution in [2.24, 2.45) is 0 Å². The van der Waals surface area contributed by atoms with Gasteiger partial charge >= 0.3 is 5.97 Å². The van der Waals surface area contributed by atoms with Crippen LogP contribution >= 0.6 is 27.5 Å². The van der Waals surface area contributed by atoms with Crippen molar-refractivity contribution >= 4 is 45.1 Å². The van der Waals surface area contributed by atoms with Gasteiger partial charge in [-0.25, -0.2) is 4.79 Å². The van der Waals surface area contributed by atoms with E-state index in [0.717, 1.165) is 4.47 Å². The van der Waals surface area contributed by atoms with Crippen LogP contribution in [0.2, 0.25) is 5.02 Å².